The molecule has 2 aliphatic carbocycles. The molecular weight excluding hydrogens is 482 g/mol. The fourth-order valence-corrected chi connectivity index (χ4v) is 5.18. The Bertz CT molecular complexity index is 1150. The van der Waals surface area contributed by atoms with E-state index in [1.165, 1.54) is 25.1 Å². The van der Waals surface area contributed by atoms with Gasteiger partial charge in [-0.3, -0.25) is 4.79 Å². The van der Waals surface area contributed by atoms with Crippen LogP contribution in [0.15, 0.2) is 16.8 Å². The quantitative estimate of drug-likeness (QED) is 0.546. The summed E-state index contributed by atoms with van der Waals surface area (Å²) < 4.78 is 14.1. The number of carbonyl (C=O) groups is 3. The third kappa shape index (κ3) is 5.69. The molecule has 200 valence electrons. The molecule has 6 rings (SSSR count). The summed E-state index contributed by atoms with van der Waals surface area (Å²) >= 11 is 0. The number of aromatic nitrogens is 3. The van der Waals surface area contributed by atoms with Crippen molar-refractivity contribution >= 4 is 17.8 Å². The second kappa shape index (κ2) is 10.3. The molecule has 2 aliphatic heterocycles. The highest BCUT2D eigenvalue weighted by Crippen LogP contribution is 2.41. The lowest BCUT2D eigenvalue weighted by Gasteiger charge is -2.43. The van der Waals surface area contributed by atoms with Gasteiger partial charge in [-0.15, -0.1) is 0 Å². The van der Waals surface area contributed by atoms with Crippen LogP contribution >= 0.6 is 0 Å². The van der Waals surface area contributed by atoms with Crippen LogP contribution in [-0.2, 0) is 33.0 Å². The van der Waals surface area contributed by atoms with E-state index in [0.717, 1.165) is 56.3 Å². The molecule has 0 radical (unpaired) electrons. The van der Waals surface area contributed by atoms with Crippen molar-refractivity contribution in [2.75, 3.05) is 33.3 Å². The predicted molar refractivity (Wildman–Crippen MR) is 128 cm³/mol. The normalized spacial score (nSPS) is 20.3. The van der Waals surface area contributed by atoms with Crippen LogP contribution < -0.4 is 0 Å². The molecule has 0 unspecified atom stereocenters. The van der Waals surface area contributed by atoms with Crippen LogP contribution in [0.3, 0.4) is 0 Å². The number of carboxylic acids is 2. The Balaban J connectivity index is 0.000000421. The number of rotatable bonds is 6. The van der Waals surface area contributed by atoms with E-state index in [1.54, 1.807) is 0 Å². The molecule has 12 nitrogen and oxygen atoms in total. The highest BCUT2D eigenvalue weighted by atomic mass is 16.5. The molecule has 2 saturated carbocycles. The molecule has 2 aromatic rings. The summed E-state index contributed by atoms with van der Waals surface area (Å²) in [6.45, 7) is 4.95. The number of hydrogen-bond acceptors (Lipinski definition) is 8. The zero-order chi connectivity index (χ0) is 26.2. The summed E-state index contributed by atoms with van der Waals surface area (Å²) in [5, 5.41) is 18.8. The first-order chi connectivity index (χ1) is 17.8. The lowest BCUT2D eigenvalue weighted by molar-refractivity contribution is -0.159. The molecule has 0 bridgehead atoms. The van der Waals surface area contributed by atoms with E-state index in [1.807, 2.05) is 17.2 Å². The number of nitrogens with zero attached hydrogens (tertiary/aromatic N) is 5. The summed E-state index contributed by atoms with van der Waals surface area (Å²) in [7, 11) is 2.20. The molecule has 0 aromatic carbocycles. The number of likely N-dealkylation sites (tertiary alicyclic amines) is 1. The predicted octanol–water partition coefficient (Wildman–Crippen LogP) is 1.91. The molecular formula is C25H33N5O7. The fraction of sp³-hybridized carbons (Fsp3) is 0.640. The SMILES string of the molecule is CN(Cc1cnc2n1CCOC21CCN(C(=O)c2cc(C3CC3)on2)CC1)CC1CC1.O=C(O)C(=O)O. The molecule has 1 amide bonds. The van der Waals surface area contributed by atoms with Crippen molar-refractivity contribution in [2.45, 2.75) is 63.1 Å². The lowest BCUT2D eigenvalue weighted by atomic mass is 9.89. The Morgan fingerprint density at radius 2 is 1.81 bits per heavy atom. The highest BCUT2D eigenvalue weighted by Gasteiger charge is 2.44. The van der Waals surface area contributed by atoms with Crippen molar-refractivity contribution in [2.24, 2.45) is 5.92 Å². The second-order valence-corrected chi connectivity index (χ2v) is 10.5. The van der Waals surface area contributed by atoms with Crippen molar-refractivity contribution in [3.8, 4) is 0 Å². The molecule has 37 heavy (non-hydrogen) atoms. The number of imidazole rings is 1. The number of ether oxygens (including phenoxy) is 1. The number of hydrogen-bond donors (Lipinski definition) is 2. The minimum atomic E-state index is -1.82. The standard InChI is InChI=1S/C23H31N5O3.C2H2O4/c1-26(14-16-2-3-16)15-18-13-24-22-23(30-11-10-28(18)22)6-8-27(9-7-23)21(29)19-12-20(31-25-19)17-4-5-17;3-1(4)2(5)6/h12-13,16-17H,2-11,14-15H2,1H3;(H,3,4)(H,5,6). The first-order valence-electron chi connectivity index (χ1n) is 12.9. The van der Waals surface area contributed by atoms with Crippen molar-refractivity contribution in [1.29, 1.82) is 0 Å². The molecule has 2 aromatic heterocycles. The Morgan fingerprint density at radius 3 is 2.43 bits per heavy atom. The average Bonchev–Trinajstić information content (AvgIpc) is 3.80. The maximum Gasteiger partial charge on any atom is 0.414 e. The summed E-state index contributed by atoms with van der Waals surface area (Å²) in [4.78, 5) is 40.2. The van der Waals surface area contributed by atoms with Crippen LogP contribution in [0.1, 0.15) is 72.2 Å². The van der Waals surface area contributed by atoms with Gasteiger partial charge >= 0.3 is 11.9 Å². The smallest absolute Gasteiger partial charge is 0.414 e. The molecule has 1 spiro atoms. The van der Waals surface area contributed by atoms with Crippen LogP contribution in [-0.4, -0.2) is 85.9 Å². The van der Waals surface area contributed by atoms with Gasteiger partial charge in [-0.05, 0) is 38.6 Å². The number of aliphatic carboxylic acids is 2. The van der Waals surface area contributed by atoms with Gasteiger partial charge in [-0.2, -0.15) is 0 Å². The minimum absolute atomic E-state index is 0.0351. The molecule has 1 saturated heterocycles. The summed E-state index contributed by atoms with van der Waals surface area (Å²) in [5.41, 5.74) is 1.32. The highest BCUT2D eigenvalue weighted by molar-refractivity contribution is 6.27. The Hall–Kier alpha value is -3.25. The zero-order valence-electron chi connectivity index (χ0n) is 21.0. The van der Waals surface area contributed by atoms with Gasteiger partial charge in [-0.1, -0.05) is 5.16 Å². The topological polar surface area (TPSA) is 151 Å². The summed E-state index contributed by atoms with van der Waals surface area (Å²) in [5.74, 6) is -0.440. The molecule has 3 fully saturated rings. The summed E-state index contributed by atoms with van der Waals surface area (Å²) in [6, 6.07) is 1.83. The Kier molecular flexibility index (Phi) is 7.04. The van der Waals surface area contributed by atoms with Gasteiger partial charge in [0.1, 0.15) is 17.2 Å². The third-order valence-electron chi connectivity index (χ3n) is 7.51. The van der Waals surface area contributed by atoms with E-state index >= 15 is 0 Å². The van der Waals surface area contributed by atoms with Crippen LogP contribution in [0.4, 0.5) is 0 Å². The van der Waals surface area contributed by atoms with E-state index in [9.17, 15) is 4.79 Å². The van der Waals surface area contributed by atoms with Crippen molar-refractivity contribution in [1.82, 2.24) is 24.5 Å². The summed E-state index contributed by atoms with van der Waals surface area (Å²) in [6.07, 6.45) is 8.58. The van der Waals surface area contributed by atoms with E-state index in [-0.39, 0.29) is 11.5 Å². The number of piperidine rings is 1. The van der Waals surface area contributed by atoms with Gasteiger partial charge in [0.15, 0.2) is 5.69 Å². The van der Waals surface area contributed by atoms with Gasteiger partial charge in [0.2, 0.25) is 0 Å². The van der Waals surface area contributed by atoms with Gasteiger partial charge < -0.3 is 33.8 Å². The van der Waals surface area contributed by atoms with Crippen LogP contribution in [0.2, 0.25) is 0 Å². The van der Waals surface area contributed by atoms with Gasteiger partial charge in [-0.25, -0.2) is 14.6 Å². The number of carbonyl (C=O) groups excluding carboxylic acids is 1. The van der Waals surface area contributed by atoms with E-state index in [2.05, 4.69) is 21.7 Å². The van der Waals surface area contributed by atoms with Crippen molar-refractivity contribution in [3.63, 3.8) is 0 Å². The van der Waals surface area contributed by atoms with E-state index < -0.39 is 11.9 Å². The average molecular weight is 516 g/mol. The Morgan fingerprint density at radius 1 is 1.11 bits per heavy atom. The number of carboxylic acid groups (broad SMARTS) is 2. The Labute approximate surface area is 214 Å². The number of amides is 1. The van der Waals surface area contributed by atoms with Gasteiger partial charge in [0.05, 0.1) is 12.3 Å². The zero-order valence-corrected chi connectivity index (χ0v) is 21.0. The van der Waals surface area contributed by atoms with Crippen LogP contribution in [0.5, 0.6) is 0 Å². The monoisotopic (exact) mass is 515 g/mol. The maximum absolute atomic E-state index is 12.9. The van der Waals surface area contributed by atoms with Crippen molar-refractivity contribution < 1.29 is 33.9 Å². The third-order valence-corrected chi connectivity index (χ3v) is 7.51. The van der Waals surface area contributed by atoms with Crippen LogP contribution in [0, 0.1) is 5.92 Å². The molecule has 4 heterocycles. The number of fused-ring (bicyclic) bond motifs is 2. The van der Waals surface area contributed by atoms with Crippen LogP contribution in [0.25, 0.3) is 0 Å². The van der Waals surface area contributed by atoms with Crippen molar-refractivity contribution in [3.05, 3.63) is 35.2 Å². The van der Waals surface area contributed by atoms with Gasteiger partial charge in [0.25, 0.3) is 5.91 Å². The van der Waals surface area contributed by atoms with E-state index in [4.69, 9.17) is 34.0 Å². The van der Waals surface area contributed by atoms with E-state index in [0.29, 0.717) is 31.3 Å². The lowest BCUT2D eigenvalue weighted by Crippen LogP contribution is -2.50. The minimum Gasteiger partial charge on any atom is -0.473 e. The molecule has 12 heteroatoms. The fourth-order valence-electron chi connectivity index (χ4n) is 5.18. The maximum atomic E-state index is 12.9. The largest absolute Gasteiger partial charge is 0.473 e. The molecule has 0 atom stereocenters. The first-order valence-corrected chi connectivity index (χ1v) is 12.9. The van der Waals surface area contributed by atoms with Gasteiger partial charge in [0, 0.05) is 63.7 Å². The molecule has 4 aliphatic rings. The second-order valence-electron chi connectivity index (χ2n) is 10.5. The first kappa shape index (κ1) is 25.4. The molecule has 2 N–H and O–H groups in total.